The lowest BCUT2D eigenvalue weighted by molar-refractivity contribution is 0.258. The van der Waals surface area contributed by atoms with Gasteiger partial charge in [0.2, 0.25) is 0 Å². The van der Waals surface area contributed by atoms with Crippen LogP contribution in [0.1, 0.15) is 32.3 Å². The Morgan fingerprint density at radius 2 is 1.64 bits per heavy atom. The summed E-state index contributed by atoms with van der Waals surface area (Å²) < 4.78 is 0. The molecule has 0 amide bonds. The number of para-hydroxylation sites is 1. The van der Waals surface area contributed by atoms with Crippen molar-refractivity contribution in [1.29, 1.82) is 0 Å². The lowest BCUT2D eigenvalue weighted by Crippen LogP contribution is -2.45. The fraction of sp³-hybridized carbons (Fsp3) is 0.318. The highest BCUT2D eigenvalue weighted by Gasteiger charge is 2.46. The molecule has 0 bridgehead atoms. The van der Waals surface area contributed by atoms with Gasteiger partial charge < -0.3 is 10.1 Å². The summed E-state index contributed by atoms with van der Waals surface area (Å²) in [6.45, 7) is 4.52. The first-order valence-electron chi connectivity index (χ1n) is 8.91. The number of benzene rings is 2. The maximum Gasteiger partial charge on any atom is 0.0666 e. The topological polar surface area (TPSA) is 35.8 Å². The van der Waals surface area contributed by atoms with E-state index in [0.717, 1.165) is 18.6 Å². The van der Waals surface area contributed by atoms with Crippen LogP contribution in [0.2, 0.25) is 0 Å². The Labute approximate surface area is 149 Å². The second-order valence-electron chi connectivity index (χ2n) is 7.85. The maximum atomic E-state index is 9.62. The van der Waals surface area contributed by atoms with Crippen LogP contribution in [-0.2, 0) is 0 Å². The van der Waals surface area contributed by atoms with Crippen LogP contribution >= 0.6 is 0 Å². The van der Waals surface area contributed by atoms with Gasteiger partial charge in [0.25, 0.3) is 0 Å². The SMILES string of the molecule is CC1(C)C/C(=N/O)C2C=C(c3ccccc3)N(c3ccccc3)C2C1. The molecule has 25 heavy (non-hydrogen) atoms. The van der Waals surface area contributed by atoms with Crippen molar-refractivity contribution in [3.8, 4) is 0 Å². The van der Waals surface area contributed by atoms with Gasteiger partial charge in [0.05, 0.1) is 5.71 Å². The molecule has 1 fully saturated rings. The fourth-order valence-corrected chi connectivity index (χ4v) is 4.35. The lowest BCUT2D eigenvalue weighted by Gasteiger charge is -2.42. The molecule has 2 aromatic rings. The predicted molar refractivity (Wildman–Crippen MR) is 103 cm³/mol. The second kappa shape index (κ2) is 6.07. The molecule has 2 aromatic carbocycles. The molecule has 0 saturated heterocycles. The van der Waals surface area contributed by atoms with E-state index in [0.29, 0.717) is 0 Å². The van der Waals surface area contributed by atoms with Crippen molar-refractivity contribution in [2.24, 2.45) is 16.5 Å². The van der Waals surface area contributed by atoms with Crippen molar-refractivity contribution >= 4 is 17.1 Å². The number of fused-ring (bicyclic) bond motifs is 1. The molecule has 128 valence electrons. The molecule has 3 heteroatoms. The standard InChI is InChI=1S/C22H24N2O/c1-22(2)14-19(23-25)18-13-20(16-9-5-3-6-10-16)24(21(18)15-22)17-11-7-4-8-12-17/h3-13,18,21,25H,14-15H2,1-2H3/b23-19-. The van der Waals surface area contributed by atoms with Gasteiger partial charge in [-0.2, -0.15) is 0 Å². The van der Waals surface area contributed by atoms with Crippen molar-refractivity contribution in [3.05, 3.63) is 72.3 Å². The summed E-state index contributed by atoms with van der Waals surface area (Å²) in [6, 6.07) is 21.3. The Bertz CT molecular complexity index is 808. The molecule has 4 rings (SSSR count). The molecule has 1 N–H and O–H groups in total. The highest BCUT2D eigenvalue weighted by atomic mass is 16.4. The van der Waals surface area contributed by atoms with E-state index in [1.807, 2.05) is 12.1 Å². The molecule has 0 aromatic heterocycles. The Balaban J connectivity index is 1.84. The highest BCUT2D eigenvalue weighted by molar-refractivity contribution is 5.96. The number of rotatable bonds is 2. The fourth-order valence-electron chi connectivity index (χ4n) is 4.35. The zero-order valence-corrected chi connectivity index (χ0v) is 14.8. The van der Waals surface area contributed by atoms with E-state index in [-0.39, 0.29) is 17.4 Å². The van der Waals surface area contributed by atoms with Crippen LogP contribution in [0.15, 0.2) is 71.9 Å². The molecular formula is C22H24N2O. The molecule has 2 aliphatic rings. The van der Waals surface area contributed by atoms with Crippen molar-refractivity contribution < 1.29 is 5.21 Å². The van der Waals surface area contributed by atoms with Gasteiger partial charge in [0, 0.05) is 23.3 Å². The van der Waals surface area contributed by atoms with Crippen molar-refractivity contribution in [3.63, 3.8) is 0 Å². The van der Waals surface area contributed by atoms with E-state index in [1.165, 1.54) is 16.9 Å². The van der Waals surface area contributed by atoms with Gasteiger partial charge in [0.15, 0.2) is 0 Å². The average Bonchev–Trinajstić information content (AvgIpc) is 3.00. The minimum atomic E-state index is 0.121. The molecular weight excluding hydrogens is 308 g/mol. The predicted octanol–water partition coefficient (Wildman–Crippen LogP) is 5.18. The quantitative estimate of drug-likeness (QED) is 0.607. The summed E-state index contributed by atoms with van der Waals surface area (Å²) in [7, 11) is 0. The van der Waals surface area contributed by atoms with Gasteiger partial charge in [-0.25, -0.2) is 0 Å². The lowest BCUT2D eigenvalue weighted by atomic mass is 9.69. The molecule has 1 saturated carbocycles. The molecule has 1 aliphatic carbocycles. The number of hydrogen-bond donors (Lipinski definition) is 1. The molecule has 2 unspecified atom stereocenters. The maximum absolute atomic E-state index is 9.62. The van der Waals surface area contributed by atoms with Crippen LogP contribution in [0.25, 0.3) is 5.70 Å². The minimum absolute atomic E-state index is 0.121. The van der Waals surface area contributed by atoms with Crippen molar-refractivity contribution in [2.75, 3.05) is 4.90 Å². The van der Waals surface area contributed by atoms with Crippen LogP contribution in [-0.4, -0.2) is 17.0 Å². The van der Waals surface area contributed by atoms with Crippen molar-refractivity contribution in [2.45, 2.75) is 32.7 Å². The third-order valence-corrected chi connectivity index (χ3v) is 5.38. The van der Waals surface area contributed by atoms with Crippen LogP contribution in [0, 0.1) is 11.3 Å². The van der Waals surface area contributed by atoms with E-state index in [9.17, 15) is 5.21 Å². The zero-order valence-electron chi connectivity index (χ0n) is 14.8. The highest BCUT2D eigenvalue weighted by Crippen LogP contribution is 2.48. The molecule has 1 heterocycles. The van der Waals surface area contributed by atoms with E-state index in [4.69, 9.17) is 0 Å². The smallest absolute Gasteiger partial charge is 0.0666 e. The first kappa shape index (κ1) is 15.9. The number of anilines is 1. The van der Waals surface area contributed by atoms with Crippen LogP contribution < -0.4 is 4.90 Å². The number of nitrogens with zero attached hydrogens (tertiary/aromatic N) is 2. The first-order chi connectivity index (χ1) is 12.1. The van der Waals surface area contributed by atoms with Crippen molar-refractivity contribution in [1.82, 2.24) is 0 Å². The van der Waals surface area contributed by atoms with Gasteiger partial charge in [-0.05, 0) is 42.0 Å². The van der Waals surface area contributed by atoms with E-state index in [1.54, 1.807) is 0 Å². The van der Waals surface area contributed by atoms with Crippen LogP contribution in [0.3, 0.4) is 0 Å². The normalized spacial score (nSPS) is 26.4. The van der Waals surface area contributed by atoms with Gasteiger partial charge in [0.1, 0.15) is 0 Å². The Hall–Kier alpha value is -2.55. The summed E-state index contributed by atoms with van der Waals surface area (Å²) in [5, 5.41) is 13.3. The molecule has 2 atom stereocenters. The Kier molecular flexibility index (Phi) is 3.87. The summed E-state index contributed by atoms with van der Waals surface area (Å²) >= 11 is 0. The van der Waals surface area contributed by atoms with E-state index >= 15 is 0 Å². The van der Waals surface area contributed by atoms with Crippen LogP contribution in [0.4, 0.5) is 5.69 Å². The van der Waals surface area contributed by atoms with E-state index < -0.39 is 0 Å². The summed E-state index contributed by atoms with van der Waals surface area (Å²) in [4.78, 5) is 2.44. The summed E-state index contributed by atoms with van der Waals surface area (Å²) in [5.74, 6) is 0.161. The zero-order chi connectivity index (χ0) is 17.4. The van der Waals surface area contributed by atoms with Gasteiger partial charge in [-0.1, -0.05) is 67.5 Å². The Morgan fingerprint density at radius 3 is 2.28 bits per heavy atom. The monoisotopic (exact) mass is 332 g/mol. The van der Waals surface area contributed by atoms with E-state index in [2.05, 4.69) is 78.5 Å². The molecule has 0 spiro atoms. The number of oxime groups is 1. The molecule has 3 nitrogen and oxygen atoms in total. The van der Waals surface area contributed by atoms with Crippen LogP contribution in [0.5, 0.6) is 0 Å². The van der Waals surface area contributed by atoms with Gasteiger partial charge in [-0.3, -0.25) is 0 Å². The first-order valence-corrected chi connectivity index (χ1v) is 8.91. The van der Waals surface area contributed by atoms with Gasteiger partial charge in [-0.15, -0.1) is 0 Å². The third-order valence-electron chi connectivity index (χ3n) is 5.38. The van der Waals surface area contributed by atoms with Gasteiger partial charge >= 0.3 is 0 Å². The Morgan fingerprint density at radius 1 is 1.00 bits per heavy atom. The average molecular weight is 332 g/mol. The largest absolute Gasteiger partial charge is 0.411 e. The minimum Gasteiger partial charge on any atom is -0.411 e. The molecule has 1 aliphatic heterocycles. The number of hydrogen-bond acceptors (Lipinski definition) is 3. The molecule has 0 radical (unpaired) electrons. The third kappa shape index (κ3) is 2.84. The summed E-state index contributed by atoms with van der Waals surface area (Å²) in [6.07, 6.45) is 4.20. The second-order valence-corrected chi connectivity index (χ2v) is 7.85. The summed E-state index contributed by atoms with van der Waals surface area (Å²) in [5.41, 5.74) is 4.63.